The third-order valence-corrected chi connectivity index (χ3v) is 25.9. The molecule has 0 atom stereocenters. The molecule has 0 unspecified atom stereocenters. The van der Waals surface area contributed by atoms with Crippen LogP contribution >= 0.6 is 22.7 Å². The van der Waals surface area contributed by atoms with Crippen LogP contribution in [0.3, 0.4) is 0 Å². The number of aromatic nitrogens is 2. The minimum Gasteiger partial charge on any atom is -0.310 e. The number of thiophene rings is 2. The molecule has 4 nitrogen and oxygen atoms in total. The van der Waals surface area contributed by atoms with Crippen molar-refractivity contribution in [1.29, 1.82) is 0 Å². The molecule has 24 rings (SSSR count). The monoisotopic (exact) mass is 1350 g/mol. The highest BCUT2D eigenvalue weighted by atomic mass is 32.1. The van der Waals surface area contributed by atoms with Crippen LogP contribution < -0.4 is 9.80 Å². The molecule has 0 saturated heterocycles. The summed E-state index contributed by atoms with van der Waals surface area (Å²) in [6, 6.07) is 133. The average molecular weight is 1360 g/mol. The Kier molecular flexibility index (Phi) is 11.4. The van der Waals surface area contributed by atoms with E-state index in [9.17, 15) is 0 Å². The van der Waals surface area contributed by atoms with Crippen molar-refractivity contribution in [3.63, 3.8) is 0 Å². The van der Waals surface area contributed by atoms with E-state index in [1.165, 1.54) is 173 Å². The molecule has 0 N–H and O–H groups in total. The maximum Gasteiger partial charge on any atom is 0.0755 e. The fourth-order valence-corrected chi connectivity index (χ4v) is 22.0. The molecule has 0 bridgehead atoms. The molecule has 6 heterocycles. The fourth-order valence-electron chi connectivity index (χ4n) is 19.7. The molecule has 2 aliphatic heterocycles. The van der Waals surface area contributed by atoms with Gasteiger partial charge in [-0.05, 0) is 187 Å². The quantitative estimate of drug-likeness (QED) is 0.158. The standard InChI is InChI=1S/C98H58N4S2/c1-3-22-61(23-4-1)99(63-48-52-87-84(56-63)98(79-36-15-9-28-68(79)69-29-10-16-37-80(69)98)83-39-20-32-74-70-30-11-17-40-85(70)101(87)95(74)83)65-46-50-73-72-49-44-60(55-92(72)104-93(73)58-65)59-45-53-90-76(54-59)94-88(42-21-43-91(94)103-90)100(62-24-5-2-6-25-62)64-47-51-81-89(57-64)102-86-41-18-12-31-71(86)75-33-19-38-82(96(75)102)97(81)77-34-13-7-26-66(77)67-27-8-14-35-78(67)97/h1-58H. The molecule has 20 aromatic rings. The van der Waals surface area contributed by atoms with E-state index < -0.39 is 10.8 Å². The Morgan fingerprint density at radius 2 is 0.683 bits per heavy atom. The fraction of sp³-hybridized carbons (Fsp3) is 0.0204. The number of anilines is 6. The van der Waals surface area contributed by atoms with Crippen molar-refractivity contribution >= 4 is 141 Å². The van der Waals surface area contributed by atoms with Gasteiger partial charge in [-0.1, -0.05) is 243 Å². The van der Waals surface area contributed by atoms with E-state index in [4.69, 9.17) is 0 Å². The Balaban J connectivity index is 0.647. The van der Waals surface area contributed by atoms with Crippen molar-refractivity contribution in [3.05, 3.63) is 396 Å². The van der Waals surface area contributed by atoms with Crippen LogP contribution in [0.15, 0.2) is 352 Å². The van der Waals surface area contributed by atoms with E-state index in [0.29, 0.717) is 0 Å². The lowest BCUT2D eigenvalue weighted by atomic mass is 9.65. The molecule has 0 saturated carbocycles. The number of benzene rings is 16. The van der Waals surface area contributed by atoms with Crippen LogP contribution in [-0.2, 0) is 10.8 Å². The first kappa shape index (κ1) is 56.9. The predicted molar refractivity (Wildman–Crippen MR) is 437 cm³/mol. The Hall–Kier alpha value is -12.8. The third kappa shape index (κ3) is 7.30. The lowest BCUT2D eigenvalue weighted by molar-refractivity contribution is 0.748. The van der Waals surface area contributed by atoms with Crippen molar-refractivity contribution in [2.75, 3.05) is 9.80 Å². The average Bonchev–Trinajstić information content (AvgIpc) is 1.49. The second kappa shape index (κ2) is 20.9. The van der Waals surface area contributed by atoms with Crippen LogP contribution in [0.5, 0.6) is 0 Å². The first-order valence-electron chi connectivity index (χ1n) is 36.0. The largest absolute Gasteiger partial charge is 0.310 e. The normalized spacial score (nSPS) is 13.7. The van der Waals surface area contributed by atoms with Gasteiger partial charge in [-0.25, -0.2) is 0 Å². The number of para-hydroxylation sites is 6. The number of rotatable bonds is 7. The highest BCUT2D eigenvalue weighted by Crippen LogP contribution is 2.64. The zero-order valence-electron chi connectivity index (χ0n) is 56.1. The molecule has 4 aromatic heterocycles. The Morgan fingerprint density at radius 3 is 1.32 bits per heavy atom. The summed E-state index contributed by atoms with van der Waals surface area (Å²) >= 11 is 3.76. The minimum atomic E-state index is -0.574. The van der Waals surface area contributed by atoms with E-state index in [2.05, 4.69) is 371 Å². The molecule has 2 spiro atoms. The first-order chi connectivity index (χ1) is 51.6. The zero-order valence-corrected chi connectivity index (χ0v) is 57.7. The van der Waals surface area contributed by atoms with Gasteiger partial charge < -0.3 is 18.9 Å². The summed E-state index contributed by atoms with van der Waals surface area (Å²) in [7, 11) is 0. The molecule has 0 radical (unpaired) electrons. The third-order valence-electron chi connectivity index (χ3n) is 23.7. The zero-order chi connectivity index (χ0) is 67.7. The predicted octanol–water partition coefficient (Wildman–Crippen LogP) is 26.6. The maximum absolute atomic E-state index is 2.58. The molecule has 16 aromatic carbocycles. The van der Waals surface area contributed by atoms with Crippen LogP contribution in [-0.4, -0.2) is 9.13 Å². The summed E-state index contributed by atoms with van der Waals surface area (Å²) in [5.41, 5.74) is 31.0. The SMILES string of the molecule is c1ccc(N(c2ccc3c(c2)C2(c4ccccc4-c4ccccc42)c2cccc4c5ccccc5n-3c24)c2ccc3c(c2)sc2cc(-c4ccc5sc6cccc(N(c7ccccc7)c7ccc8c(c7)-n7c9ccccc9c9cccc(c97)C87c8ccccc8-c8ccccc87)c6c5c4)ccc23)cc1. The van der Waals surface area contributed by atoms with Crippen molar-refractivity contribution < 1.29 is 0 Å². The molecule has 4 aliphatic rings. The summed E-state index contributed by atoms with van der Waals surface area (Å²) in [6.07, 6.45) is 0. The van der Waals surface area contributed by atoms with Crippen LogP contribution in [0, 0.1) is 0 Å². The highest BCUT2D eigenvalue weighted by molar-refractivity contribution is 7.26. The van der Waals surface area contributed by atoms with E-state index in [1.54, 1.807) is 0 Å². The van der Waals surface area contributed by atoms with Gasteiger partial charge in [-0.15, -0.1) is 22.7 Å². The van der Waals surface area contributed by atoms with Crippen LogP contribution in [0.1, 0.15) is 44.5 Å². The Morgan fingerprint density at radius 1 is 0.231 bits per heavy atom. The Labute approximate surface area is 607 Å². The second-order valence-corrected chi connectivity index (χ2v) is 30.7. The van der Waals surface area contributed by atoms with Gasteiger partial charge in [-0.3, -0.25) is 0 Å². The second-order valence-electron chi connectivity index (χ2n) is 28.5. The smallest absolute Gasteiger partial charge is 0.0755 e. The topological polar surface area (TPSA) is 16.3 Å². The maximum atomic E-state index is 2.58. The number of fused-ring (bicyclic) bond motifs is 30. The Bertz CT molecular complexity index is 7060. The molecule has 482 valence electrons. The molecule has 0 fully saturated rings. The van der Waals surface area contributed by atoms with E-state index in [-0.39, 0.29) is 0 Å². The van der Waals surface area contributed by atoms with E-state index in [1.807, 2.05) is 22.7 Å². The molecule has 0 amide bonds. The first-order valence-corrected chi connectivity index (χ1v) is 37.6. The highest BCUT2D eigenvalue weighted by Gasteiger charge is 2.53. The van der Waals surface area contributed by atoms with Gasteiger partial charge in [0, 0.05) is 90.3 Å². The van der Waals surface area contributed by atoms with Crippen LogP contribution in [0.25, 0.3) is 129 Å². The minimum absolute atomic E-state index is 0.540. The van der Waals surface area contributed by atoms with Gasteiger partial charge in [0.2, 0.25) is 0 Å². The lowest BCUT2D eigenvalue weighted by Crippen LogP contribution is -2.33. The van der Waals surface area contributed by atoms with Crippen molar-refractivity contribution in [2.45, 2.75) is 10.8 Å². The van der Waals surface area contributed by atoms with E-state index >= 15 is 0 Å². The number of nitrogens with zero attached hydrogens (tertiary/aromatic N) is 4. The van der Waals surface area contributed by atoms with Gasteiger partial charge in [0.1, 0.15) is 0 Å². The van der Waals surface area contributed by atoms with Gasteiger partial charge in [0.05, 0.1) is 50.0 Å². The number of hydrogen-bond donors (Lipinski definition) is 0. The van der Waals surface area contributed by atoms with E-state index in [0.717, 1.165) is 34.1 Å². The molecular formula is C98H58N4S2. The summed E-state index contributed by atoms with van der Waals surface area (Å²) in [6.45, 7) is 0. The van der Waals surface area contributed by atoms with Gasteiger partial charge in [-0.2, -0.15) is 0 Å². The lowest BCUT2D eigenvalue weighted by Gasteiger charge is -2.40. The van der Waals surface area contributed by atoms with Crippen LogP contribution in [0.4, 0.5) is 34.1 Å². The molecule has 2 aliphatic carbocycles. The molecule has 104 heavy (non-hydrogen) atoms. The summed E-state index contributed by atoms with van der Waals surface area (Å²) in [4.78, 5) is 4.99. The van der Waals surface area contributed by atoms with Gasteiger partial charge in [0.15, 0.2) is 0 Å². The van der Waals surface area contributed by atoms with Crippen molar-refractivity contribution in [2.24, 2.45) is 0 Å². The number of hydrogen-bond acceptors (Lipinski definition) is 4. The summed E-state index contributed by atoms with van der Waals surface area (Å²) in [5, 5.41) is 10.1. The molecular weight excluding hydrogens is 1300 g/mol. The van der Waals surface area contributed by atoms with Gasteiger partial charge >= 0.3 is 0 Å². The molecule has 6 heteroatoms. The van der Waals surface area contributed by atoms with Crippen LogP contribution in [0.2, 0.25) is 0 Å². The van der Waals surface area contributed by atoms with Crippen molar-refractivity contribution in [1.82, 2.24) is 9.13 Å². The summed E-state index contributed by atoms with van der Waals surface area (Å²) in [5.74, 6) is 0. The van der Waals surface area contributed by atoms with Crippen molar-refractivity contribution in [3.8, 4) is 44.8 Å². The van der Waals surface area contributed by atoms with Gasteiger partial charge in [0.25, 0.3) is 0 Å². The summed E-state index contributed by atoms with van der Waals surface area (Å²) < 4.78 is 10.2.